The van der Waals surface area contributed by atoms with Crippen molar-refractivity contribution in [3.05, 3.63) is 68.1 Å². The third-order valence-corrected chi connectivity index (χ3v) is 5.82. The number of aromatic nitrogens is 1. The Morgan fingerprint density at radius 2 is 1.93 bits per heavy atom. The average Bonchev–Trinajstić information content (AvgIpc) is 2.67. The van der Waals surface area contributed by atoms with Crippen molar-refractivity contribution in [2.24, 2.45) is 0 Å². The number of ether oxygens (including phenoxy) is 1. The molecule has 2 heterocycles. The third kappa shape index (κ3) is 4.88. The molecule has 2 aromatic rings. The lowest BCUT2D eigenvalue weighted by Gasteiger charge is -2.27. The highest BCUT2D eigenvalue weighted by atomic mass is 35.5. The van der Waals surface area contributed by atoms with E-state index in [9.17, 15) is 23.1 Å². The van der Waals surface area contributed by atoms with Crippen LogP contribution in [0.5, 0.6) is 0 Å². The molecule has 1 unspecified atom stereocenters. The van der Waals surface area contributed by atoms with Gasteiger partial charge < -0.3 is 14.4 Å². The number of halogens is 4. The van der Waals surface area contributed by atoms with Crippen molar-refractivity contribution in [3.63, 3.8) is 0 Å². The highest BCUT2D eigenvalue weighted by Gasteiger charge is 2.33. The zero-order valence-electron chi connectivity index (χ0n) is 16.7. The summed E-state index contributed by atoms with van der Waals surface area (Å²) in [5.74, 6) is 0. The summed E-state index contributed by atoms with van der Waals surface area (Å²) in [6.07, 6.45) is -2.87. The van der Waals surface area contributed by atoms with E-state index >= 15 is 0 Å². The number of aliphatic hydroxyl groups is 1. The first kappa shape index (κ1) is 22.8. The Kier molecular flexibility index (Phi) is 6.91. The second kappa shape index (κ2) is 9.09. The highest BCUT2D eigenvalue weighted by molar-refractivity contribution is 6.31. The van der Waals surface area contributed by atoms with E-state index in [0.29, 0.717) is 37.2 Å². The lowest BCUT2D eigenvalue weighted by molar-refractivity contribution is -0.138. The number of rotatable bonds is 5. The molecule has 164 valence electrons. The Balaban J connectivity index is 1.85. The van der Waals surface area contributed by atoms with Gasteiger partial charge in [-0.05, 0) is 43.9 Å². The summed E-state index contributed by atoms with van der Waals surface area (Å²) in [7, 11) is 0. The molecule has 1 aliphatic heterocycles. The van der Waals surface area contributed by atoms with Gasteiger partial charge in [0.1, 0.15) is 6.23 Å². The quantitative estimate of drug-likeness (QED) is 0.665. The fourth-order valence-corrected chi connectivity index (χ4v) is 4.08. The molecule has 1 fully saturated rings. The molecule has 9 heteroatoms. The molecule has 5 nitrogen and oxygen atoms in total. The molecule has 3 rings (SSSR count). The molecule has 2 N–H and O–H groups in total. The van der Waals surface area contributed by atoms with Crippen LogP contribution in [0.15, 0.2) is 35.3 Å². The number of benzene rings is 1. The molecule has 30 heavy (non-hydrogen) atoms. The second-order valence-electron chi connectivity index (χ2n) is 7.47. The van der Waals surface area contributed by atoms with Crippen molar-refractivity contribution in [1.29, 1.82) is 0 Å². The van der Waals surface area contributed by atoms with Gasteiger partial charge in [-0.2, -0.15) is 13.2 Å². The van der Waals surface area contributed by atoms with Crippen LogP contribution in [0.1, 0.15) is 60.3 Å². The minimum absolute atomic E-state index is 0.0578. The van der Waals surface area contributed by atoms with Crippen LogP contribution >= 0.6 is 11.6 Å². The van der Waals surface area contributed by atoms with Crippen molar-refractivity contribution in [2.75, 3.05) is 13.2 Å². The van der Waals surface area contributed by atoms with Crippen molar-refractivity contribution >= 4 is 11.6 Å². The van der Waals surface area contributed by atoms with Crippen molar-refractivity contribution in [1.82, 2.24) is 9.88 Å². The van der Waals surface area contributed by atoms with Gasteiger partial charge in [-0.15, -0.1) is 0 Å². The van der Waals surface area contributed by atoms with Crippen LogP contribution in [0.3, 0.4) is 0 Å². The second-order valence-corrected chi connectivity index (χ2v) is 7.88. The van der Waals surface area contributed by atoms with Crippen LogP contribution in [0.4, 0.5) is 13.2 Å². The number of alkyl halides is 3. The maximum atomic E-state index is 13.2. The predicted octanol–water partition coefficient (Wildman–Crippen LogP) is 4.52. The summed E-state index contributed by atoms with van der Waals surface area (Å²) in [4.78, 5) is 12.4. The molecule has 0 saturated carbocycles. The SMILES string of the molecule is Cc1c([C@@H](C)NC(O)c2cn(C3CCOCC3)c(=O)cc2Cl)cccc1C(F)(F)F. The average molecular weight is 445 g/mol. The molecule has 1 aliphatic rings. The molecule has 0 amide bonds. The minimum atomic E-state index is -4.46. The summed E-state index contributed by atoms with van der Waals surface area (Å²) in [6.45, 7) is 4.15. The van der Waals surface area contributed by atoms with Gasteiger partial charge in [-0.25, -0.2) is 0 Å². The topological polar surface area (TPSA) is 63.5 Å². The van der Waals surface area contributed by atoms with E-state index in [1.54, 1.807) is 13.0 Å². The number of hydrogen-bond acceptors (Lipinski definition) is 4. The first-order chi connectivity index (χ1) is 14.1. The van der Waals surface area contributed by atoms with Crippen LogP contribution in [-0.2, 0) is 10.9 Å². The Morgan fingerprint density at radius 1 is 1.27 bits per heavy atom. The van der Waals surface area contributed by atoms with E-state index in [2.05, 4.69) is 5.32 Å². The van der Waals surface area contributed by atoms with Crippen LogP contribution in [-0.4, -0.2) is 22.9 Å². The third-order valence-electron chi connectivity index (χ3n) is 5.49. The molecule has 1 aromatic heterocycles. The Bertz CT molecular complexity index is 955. The van der Waals surface area contributed by atoms with Crippen molar-refractivity contribution in [3.8, 4) is 0 Å². The van der Waals surface area contributed by atoms with E-state index in [-0.39, 0.29) is 22.2 Å². The summed E-state index contributed by atoms with van der Waals surface area (Å²) >= 11 is 6.19. The van der Waals surface area contributed by atoms with Crippen molar-refractivity contribution in [2.45, 2.75) is 51.2 Å². The van der Waals surface area contributed by atoms with Crippen LogP contribution in [0, 0.1) is 6.92 Å². The van der Waals surface area contributed by atoms with E-state index in [1.165, 1.54) is 29.8 Å². The van der Waals surface area contributed by atoms with Gasteiger partial charge in [0.15, 0.2) is 0 Å². The predicted molar refractivity (Wildman–Crippen MR) is 107 cm³/mol. The molecule has 2 atom stereocenters. The van der Waals surface area contributed by atoms with Gasteiger partial charge in [0.05, 0.1) is 10.6 Å². The molecule has 0 spiro atoms. The summed E-state index contributed by atoms with van der Waals surface area (Å²) in [5, 5.41) is 13.7. The fraction of sp³-hybridized carbons (Fsp3) is 0.476. The van der Waals surface area contributed by atoms with Gasteiger partial charge in [-0.3, -0.25) is 10.1 Å². The van der Waals surface area contributed by atoms with E-state index < -0.39 is 24.0 Å². The van der Waals surface area contributed by atoms with Gasteiger partial charge in [0.25, 0.3) is 5.56 Å². The number of pyridine rings is 1. The largest absolute Gasteiger partial charge is 0.416 e. The molecular formula is C21H24ClF3N2O3. The molecule has 0 radical (unpaired) electrons. The molecule has 0 bridgehead atoms. The normalized spacial score (nSPS) is 17.7. The Labute approximate surface area is 177 Å². The smallest absolute Gasteiger partial charge is 0.381 e. The molecule has 1 saturated heterocycles. The number of nitrogens with one attached hydrogen (secondary N) is 1. The first-order valence-corrected chi connectivity index (χ1v) is 10.1. The number of aliphatic hydroxyl groups excluding tert-OH is 1. The van der Waals surface area contributed by atoms with E-state index in [1.807, 2.05) is 0 Å². The van der Waals surface area contributed by atoms with Crippen LogP contribution < -0.4 is 10.9 Å². The molecule has 1 aromatic carbocycles. The van der Waals surface area contributed by atoms with Gasteiger partial charge in [0, 0.05) is 43.1 Å². The minimum Gasteiger partial charge on any atom is -0.381 e. The standard InChI is InChI=1S/C21H24ClF3N2O3/c1-12-15(4-3-5-17(12)21(23,24)25)13(2)26-20(29)16-11-27(19(28)10-18(16)22)14-6-8-30-9-7-14/h3-5,10-11,13-14,20,26,29H,6-9H2,1-2H3/t13-,20?/m1/s1. The van der Waals surface area contributed by atoms with Gasteiger partial charge >= 0.3 is 6.18 Å². The summed E-state index contributed by atoms with van der Waals surface area (Å²) < 4.78 is 46.5. The fourth-order valence-electron chi connectivity index (χ4n) is 3.84. The van der Waals surface area contributed by atoms with Crippen LogP contribution in [0.25, 0.3) is 0 Å². The zero-order chi connectivity index (χ0) is 22.1. The molecule has 0 aliphatic carbocycles. The van der Waals surface area contributed by atoms with Gasteiger partial charge in [0.2, 0.25) is 0 Å². The maximum Gasteiger partial charge on any atom is 0.416 e. The van der Waals surface area contributed by atoms with E-state index in [0.717, 1.165) is 6.07 Å². The summed E-state index contributed by atoms with van der Waals surface area (Å²) in [5.41, 5.74) is -0.189. The number of nitrogens with zero attached hydrogens (tertiary/aromatic N) is 1. The first-order valence-electron chi connectivity index (χ1n) is 9.69. The zero-order valence-corrected chi connectivity index (χ0v) is 17.4. The van der Waals surface area contributed by atoms with Crippen LogP contribution in [0.2, 0.25) is 5.02 Å². The Morgan fingerprint density at radius 3 is 2.57 bits per heavy atom. The number of hydrogen-bond donors (Lipinski definition) is 2. The van der Waals surface area contributed by atoms with Crippen molar-refractivity contribution < 1.29 is 23.0 Å². The molecular weight excluding hydrogens is 421 g/mol. The maximum absolute atomic E-state index is 13.2. The van der Waals surface area contributed by atoms with E-state index in [4.69, 9.17) is 16.3 Å². The summed E-state index contributed by atoms with van der Waals surface area (Å²) in [6, 6.07) is 4.55. The lowest BCUT2D eigenvalue weighted by Crippen LogP contribution is -2.31. The monoisotopic (exact) mass is 444 g/mol. The lowest BCUT2D eigenvalue weighted by atomic mass is 9.97. The highest BCUT2D eigenvalue weighted by Crippen LogP contribution is 2.35. The Hall–Kier alpha value is -1.87. The van der Waals surface area contributed by atoms with Gasteiger partial charge in [-0.1, -0.05) is 23.7 Å².